The van der Waals surface area contributed by atoms with Crippen molar-refractivity contribution in [2.75, 3.05) is 20.3 Å². The highest BCUT2D eigenvalue weighted by Gasteiger charge is 2.23. The summed E-state index contributed by atoms with van der Waals surface area (Å²) in [4.78, 5) is 0. The van der Waals surface area contributed by atoms with Crippen LogP contribution in [0.5, 0.6) is 0 Å². The molecule has 4 heteroatoms. The molecule has 0 amide bonds. The van der Waals surface area contributed by atoms with Crippen LogP contribution in [0.1, 0.15) is 24.6 Å². The minimum Gasteiger partial charge on any atom is -0.458 e. The summed E-state index contributed by atoms with van der Waals surface area (Å²) in [7, 11) is 1.97. The van der Waals surface area contributed by atoms with Gasteiger partial charge in [0, 0.05) is 18.6 Å². The van der Waals surface area contributed by atoms with Gasteiger partial charge in [0.2, 0.25) is 0 Å². The molecule has 2 unspecified atom stereocenters. The Kier molecular flexibility index (Phi) is 3.78. The summed E-state index contributed by atoms with van der Waals surface area (Å²) >= 11 is 6.15. The van der Waals surface area contributed by atoms with Gasteiger partial charge in [-0.25, -0.2) is 0 Å². The van der Waals surface area contributed by atoms with E-state index < -0.39 is 0 Å². The van der Waals surface area contributed by atoms with E-state index in [0.29, 0.717) is 10.9 Å². The van der Waals surface area contributed by atoms with Gasteiger partial charge in [-0.2, -0.15) is 0 Å². The van der Waals surface area contributed by atoms with Gasteiger partial charge in [-0.1, -0.05) is 23.7 Å². The monoisotopic (exact) mass is 279 g/mol. The van der Waals surface area contributed by atoms with Crippen molar-refractivity contribution in [3.05, 3.63) is 35.0 Å². The van der Waals surface area contributed by atoms with Crippen LogP contribution in [-0.2, 0) is 4.74 Å². The zero-order valence-electron chi connectivity index (χ0n) is 11.0. The molecule has 0 radical (unpaired) electrons. The Labute approximate surface area is 117 Å². The molecule has 102 valence electrons. The summed E-state index contributed by atoms with van der Waals surface area (Å²) in [6.45, 7) is 1.74. The molecule has 1 aromatic carbocycles. The molecule has 2 heterocycles. The number of furan rings is 1. The molecule has 1 fully saturated rings. The van der Waals surface area contributed by atoms with E-state index in [1.54, 1.807) is 0 Å². The second-order valence-corrected chi connectivity index (χ2v) is 5.52. The van der Waals surface area contributed by atoms with E-state index in [9.17, 15) is 0 Å². The number of nitrogens with one attached hydrogen (secondary N) is 1. The van der Waals surface area contributed by atoms with Crippen LogP contribution in [0.4, 0.5) is 0 Å². The van der Waals surface area contributed by atoms with Crippen molar-refractivity contribution in [3.63, 3.8) is 0 Å². The normalized spacial score (nSPS) is 21.1. The molecule has 1 aromatic heterocycles. The highest BCUT2D eigenvalue weighted by molar-refractivity contribution is 6.34. The van der Waals surface area contributed by atoms with Crippen molar-refractivity contribution in [2.24, 2.45) is 5.92 Å². The van der Waals surface area contributed by atoms with Gasteiger partial charge in [0.15, 0.2) is 5.58 Å². The number of hydrogen-bond acceptors (Lipinski definition) is 3. The second-order valence-electron chi connectivity index (χ2n) is 5.11. The number of fused-ring (bicyclic) bond motifs is 1. The molecule has 1 aliphatic rings. The molecule has 1 aliphatic heterocycles. The minimum atomic E-state index is 0.218. The molecule has 1 N–H and O–H groups in total. The summed E-state index contributed by atoms with van der Waals surface area (Å²) < 4.78 is 11.4. The van der Waals surface area contributed by atoms with E-state index in [1.165, 1.54) is 0 Å². The Morgan fingerprint density at radius 3 is 3.05 bits per heavy atom. The van der Waals surface area contributed by atoms with Gasteiger partial charge in [0.25, 0.3) is 0 Å². The van der Waals surface area contributed by atoms with Crippen molar-refractivity contribution < 1.29 is 9.15 Å². The fourth-order valence-electron chi connectivity index (χ4n) is 2.70. The largest absolute Gasteiger partial charge is 0.458 e. The standard InChI is InChI=1S/C15H18ClNO2/c1-17-13(7-10-5-6-18-9-10)14-8-11-3-2-4-12(16)15(11)19-14/h2-4,8,10,13,17H,5-7,9H2,1H3. The van der Waals surface area contributed by atoms with Gasteiger partial charge in [-0.15, -0.1) is 0 Å². The molecule has 0 bridgehead atoms. The Hall–Kier alpha value is -1.03. The lowest BCUT2D eigenvalue weighted by molar-refractivity contribution is 0.181. The molecular formula is C15H18ClNO2. The number of rotatable bonds is 4. The maximum atomic E-state index is 6.15. The van der Waals surface area contributed by atoms with Gasteiger partial charge in [-0.05, 0) is 37.9 Å². The van der Waals surface area contributed by atoms with Crippen molar-refractivity contribution >= 4 is 22.6 Å². The van der Waals surface area contributed by atoms with E-state index in [1.807, 2.05) is 25.2 Å². The first-order valence-electron chi connectivity index (χ1n) is 6.71. The van der Waals surface area contributed by atoms with Crippen LogP contribution in [0, 0.1) is 5.92 Å². The van der Waals surface area contributed by atoms with Gasteiger partial charge >= 0.3 is 0 Å². The van der Waals surface area contributed by atoms with E-state index >= 15 is 0 Å². The average molecular weight is 280 g/mol. The summed E-state index contributed by atoms with van der Waals surface area (Å²) in [5.74, 6) is 1.57. The Morgan fingerprint density at radius 1 is 1.47 bits per heavy atom. The highest BCUT2D eigenvalue weighted by atomic mass is 35.5. The van der Waals surface area contributed by atoms with Gasteiger partial charge < -0.3 is 14.5 Å². The maximum Gasteiger partial charge on any atom is 0.152 e. The van der Waals surface area contributed by atoms with Crippen molar-refractivity contribution in [2.45, 2.75) is 18.9 Å². The summed E-state index contributed by atoms with van der Waals surface area (Å²) in [6, 6.07) is 8.13. The fraction of sp³-hybridized carbons (Fsp3) is 0.467. The summed E-state index contributed by atoms with van der Waals surface area (Å²) in [5.41, 5.74) is 0.780. The van der Waals surface area contributed by atoms with Crippen LogP contribution in [0.2, 0.25) is 5.02 Å². The molecule has 3 rings (SSSR count). The van der Waals surface area contributed by atoms with E-state index in [-0.39, 0.29) is 6.04 Å². The molecule has 2 atom stereocenters. The Bertz CT molecular complexity index is 560. The van der Waals surface area contributed by atoms with E-state index in [2.05, 4.69) is 11.4 Å². The number of para-hydroxylation sites is 1. The molecule has 19 heavy (non-hydrogen) atoms. The van der Waals surface area contributed by atoms with Gasteiger partial charge in [-0.3, -0.25) is 0 Å². The Balaban J connectivity index is 1.86. The predicted octanol–water partition coefficient (Wildman–Crippen LogP) is 3.77. The van der Waals surface area contributed by atoms with E-state index in [4.69, 9.17) is 20.8 Å². The van der Waals surface area contributed by atoms with Crippen LogP contribution in [0.3, 0.4) is 0 Å². The van der Waals surface area contributed by atoms with E-state index in [0.717, 1.165) is 42.8 Å². The lowest BCUT2D eigenvalue weighted by Gasteiger charge is -2.16. The molecule has 1 saturated heterocycles. The molecule has 2 aromatic rings. The topological polar surface area (TPSA) is 34.4 Å². The second kappa shape index (κ2) is 5.53. The highest BCUT2D eigenvalue weighted by Crippen LogP contribution is 2.32. The van der Waals surface area contributed by atoms with Crippen LogP contribution in [0.25, 0.3) is 11.0 Å². The molecular weight excluding hydrogens is 262 g/mol. The third-order valence-electron chi connectivity index (χ3n) is 3.80. The molecule has 0 saturated carbocycles. The van der Waals surface area contributed by atoms with Crippen LogP contribution < -0.4 is 5.32 Å². The number of benzene rings is 1. The van der Waals surface area contributed by atoms with Crippen molar-refractivity contribution in [1.29, 1.82) is 0 Å². The smallest absolute Gasteiger partial charge is 0.152 e. The number of ether oxygens (including phenoxy) is 1. The lowest BCUT2D eigenvalue weighted by atomic mass is 9.98. The molecule has 3 nitrogen and oxygen atoms in total. The maximum absolute atomic E-state index is 6.15. The third-order valence-corrected chi connectivity index (χ3v) is 4.10. The Morgan fingerprint density at radius 2 is 2.37 bits per heavy atom. The first-order valence-corrected chi connectivity index (χ1v) is 7.08. The zero-order valence-corrected chi connectivity index (χ0v) is 11.7. The fourth-order valence-corrected chi connectivity index (χ4v) is 2.92. The van der Waals surface area contributed by atoms with Crippen LogP contribution >= 0.6 is 11.6 Å². The van der Waals surface area contributed by atoms with Crippen LogP contribution in [0.15, 0.2) is 28.7 Å². The number of hydrogen-bond donors (Lipinski definition) is 1. The van der Waals surface area contributed by atoms with Gasteiger partial charge in [0.1, 0.15) is 5.76 Å². The average Bonchev–Trinajstić information content (AvgIpc) is 3.05. The first kappa shape index (κ1) is 13.0. The van der Waals surface area contributed by atoms with Crippen molar-refractivity contribution in [1.82, 2.24) is 5.32 Å². The first-order chi connectivity index (χ1) is 9.28. The predicted molar refractivity (Wildman–Crippen MR) is 76.6 cm³/mol. The lowest BCUT2D eigenvalue weighted by Crippen LogP contribution is -2.19. The van der Waals surface area contributed by atoms with Crippen molar-refractivity contribution in [3.8, 4) is 0 Å². The van der Waals surface area contributed by atoms with Crippen LogP contribution in [-0.4, -0.2) is 20.3 Å². The third kappa shape index (κ3) is 2.64. The SMILES string of the molecule is CNC(CC1CCOC1)c1cc2cccc(Cl)c2o1. The molecule has 0 aliphatic carbocycles. The summed E-state index contributed by atoms with van der Waals surface area (Å²) in [6.07, 6.45) is 2.17. The summed E-state index contributed by atoms with van der Waals surface area (Å²) in [5, 5.41) is 5.06. The number of halogens is 1. The van der Waals surface area contributed by atoms with Gasteiger partial charge in [0.05, 0.1) is 11.1 Å². The minimum absolute atomic E-state index is 0.218. The molecule has 0 spiro atoms. The quantitative estimate of drug-likeness (QED) is 0.925. The zero-order chi connectivity index (χ0) is 13.2.